The number of benzene rings is 1. The zero-order valence-electron chi connectivity index (χ0n) is 13.2. The minimum Gasteiger partial charge on any atom is -0.379 e. The Bertz CT molecular complexity index is 616. The Morgan fingerprint density at radius 1 is 1.17 bits per heavy atom. The molecule has 2 aromatic rings. The average molecular weight is 310 g/mol. The number of hydrogen-bond donors (Lipinski definition) is 0. The molecule has 1 amide bonds. The summed E-state index contributed by atoms with van der Waals surface area (Å²) in [5.41, 5.74) is 2.11. The topological polar surface area (TPSA) is 42.4 Å². The number of amides is 1. The second kappa shape index (κ2) is 7.88. The van der Waals surface area contributed by atoms with E-state index in [9.17, 15) is 4.79 Å². The van der Waals surface area contributed by atoms with Crippen molar-refractivity contribution in [2.24, 2.45) is 5.92 Å². The van der Waals surface area contributed by atoms with Crippen molar-refractivity contribution in [3.63, 3.8) is 0 Å². The molecule has 1 aliphatic heterocycles. The lowest BCUT2D eigenvalue weighted by atomic mass is 10.0. The predicted molar refractivity (Wildman–Crippen MR) is 89.0 cm³/mol. The first kappa shape index (κ1) is 15.7. The van der Waals surface area contributed by atoms with Crippen LogP contribution in [-0.2, 0) is 22.4 Å². The molecule has 1 unspecified atom stereocenters. The smallest absolute Gasteiger partial charge is 0.227 e. The van der Waals surface area contributed by atoms with Gasteiger partial charge in [0.15, 0.2) is 0 Å². The number of pyridine rings is 1. The lowest BCUT2D eigenvalue weighted by Gasteiger charge is -2.23. The zero-order chi connectivity index (χ0) is 15.9. The first-order valence-corrected chi connectivity index (χ1v) is 8.10. The van der Waals surface area contributed by atoms with Gasteiger partial charge in [0.1, 0.15) is 0 Å². The molecule has 0 N–H and O–H groups in total. The SMILES string of the molecule is O=C(Cc1ccccc1)N1CCOCC(Cc2ccccn2)C1. The molecule has 1 aromatic heterocycles. The zero-order valence-corrected chi connectivity index (χ0v) is 13.2. The van der Waals surface area contributed by atoms with E-state index < -0.39 is 0 Å². The van der Waals surface area contributed by atoms with Crippen LogP contribution in [0.25, 0.3) is 0 Å². The highest BCUT2D eigenvalue weighted by Gasteiger charge is 2.23. The van der Waals surface area contributed by atoms with Crippen LogP contribution in [0, 0.1) is 5.92 Å². The number of aromatic nitrogens is 1. The second-order valence-electron chi connectivity index (χ2n) is 5.97. The van der Waals surface area contributed by atoms with E-state index in [-0.39, 0.29) is 5.91 Å². The van der Waals surface area contributed by atoms with Gasteiger partial charge < -0.3 is 9.64 Å². The van der Waals surface area contributed by atoms with Crippen LogP contribution < -0.4 is 0 Å². The maximum atomic E-state index is 12.6. The summed E-state index contributed by atoms with van der Waals surface area (Å²) < 4.78 is 5.69. The van der Waals surface area contributed by atoms with Gasteiger partial charge >= 0.3 is 0 Å². The van der Waals surface area contributed by atoms with Crippen molar-refractivity contribution in [1.82, 2.24) is 9.88 Å². The van der Waals surface area contributed by atoms with Crippen LogP contribution in [0.5, 0.6) is 0 Å². The van der Waals surface area contributed by atoms with Gasteiger partial charge in [-0.05, 0) is 24.1 Å². The first-order valence-electron chi connectivity index (χ1n) is 8.10. The van der Waals surface area contributed by atoms with Crippen LogP contribution in [0.1, 0.15) is 11.3 Å². The molecule has 3 rings (SSSR count). The molecule has 1 atom stereocenters. The maximum absolute atomic E-state index is 12.6. The molecule has 1 aromatic carbocycles. The number of rotatable bonds is 4. The van der Waals surface area contributed by atoms with Crippen molar-refractivity contribution in [3.05, 3.63) is 66.0 Å². The molecule has 1 aliphatic rings. The summed E-state index contributed by atoms with van der Waals surface area (Å²) in [4.78, 5) is 18.9. The summed E-state index contributed by atoms with van der Waals surface area (Å²) in [7, 11) is 0. The number of carbonyl (C=O) groups is 1. The van der Waals surface area contributed by atoms with Gasteiger partial charge in [-0.1, -0.05) is 36.4 Å². The molecule has 0 spiro atoms. The minimum atomic E-state index is 0.174. The Labute approximate surface area is 137 Å². The highest BCUT2D eigenvalue weighted by atomic mass is 16.5. The van der Waals surface area contributed by atoms with Gasteiger partial charge in [0.2, 0.25) is 5.91 Å². The van der Waals surface area contributed by atoms with Crippen LogP contribution in [0.15, 0.2) is 54.7 Å². The summed E-state index contributed by atoms with van der Waals surface area (Å²) in [6.45, 7) is 2.71. The number of hydrogen-bond acceptors (Lipinski definition) is 3. The van der Waals surface area contributed by atoms with Crippen molar-refractivity contribution >= 4 is 5.91 Å². The van der Waals surface area contributed by atoms with Crippen molar-refractivity contribution in [2.45, 2.75) is 12.8 Å². The molecule has 1 saturated heterocycles. The summed E-state index contributed by atoms with van der Waals surface area (Å²) >= 11 is 0. The lowest BCUT2D eigenvalue weighted by molar-refractivity contribution is -0.130. The fraction of sp³-hybridized carbons (Fsp3) is 0.368. The van der Waals surface area contributed by atoms with E-state index in [0.717, 1.165) is 24.2 Å². The van der Waals surface area contributed by atoms with Crippen LogP contribution in [0.2, 0.25) is 0 Å². The van der Waals surface area contributed by atoms with E-state index in [1.54, 1.807) is 0 Å². The minimum absolute atomic E-state index is 0.174. The normalized spacial score (nSPS) is 18.4. The molecule has 23 heavy (non-hydrogen) atoms. The quantitative estimate of drug-likeness (QED) is 0.870. The third-order valence-corrected chi connectivity index (χ3v) is 4.11. The number of nitrogens with zero attached hydrogens (tertiary/aromatic N) is 2. The molecule has 1 fully saturated rings. The van der Waals surface area contributed by atoms with Crippen LogP contribution in [0.3, 0.4) is 0 Å². The molecular weight excluding hydrogens is 288 g/mol. The summed E-state index contributed by atoms with van der Waals surface area (Å²) in [5, 5.41) is 0. The molecule has 120 valence electrons. The summed E-state index contributed by atoms with van der Waals surface area (Å²) in [6, 6.07) is 15.9. The Kier molecular flexibility index (Phi) is 5.37. The highest BCUT2D eigenvalue weighted by Crippen LogP contribution is 2.14. The molecular formula is C19H22N2O2. The Balaban J connectivity index is 1.61. The molecule has 0 bridgehead atoms. The largest absolute Gasteiger partial charge is 0.379 e. The number of ether oxygens (including phenoxy) is 1. The van der Waals surface area contributed by atoms with Gasteiger partial charge in [0.25, 0.3) is 0 Å². The summed E-state index contributed by atoms with van der Waals surface area (Å²) in [6.07, 6.45) is 3.11. The van der Waals surface area contributed by atoms with Gasteiger partial charge in [-0.25, -0.2) is 0 Å². The Morgan fingerprint density at radius 2 is 2.00 bits per heavy atom. The van der Waals surface area contributed by atoms with Gasteiger partial charge in [0.05, 0.1) is 19.6 Å². The van der Waals surface area contributed by atoms with Crippen LogP contribution >= 0.6 is 0 Å². The van der Waals surface area contributed by atoms with Gasteiger partial charge in [-0.15, -0.1) is 0 Å². The predicted octanol–water partition coefficient (Wildman–Crippen LogP) is 2.34. The molecule has 0 saturated carbocycles. The first-order chi connectivity index (χ1) is 11.3. The lowest BCUT2D eigenvalue weighted by Crippen LogP contribution is -2.37. The van der Waals surface area contributed by atoms with E-state index in [1.807, 2.05) is 59.6 Å². The van der Waals surface area contributed by atoms with Crippen molar-refractivity contribution in [3.8, 4) is 0 Å². The molecule has 4 nitrogen and oxygen atoms in total. The van der Waals surface area contributed by atoms with Crippen LogP contribution in [0.4, 0.5) is 0 Å². The third-order valence-electron chi connectivity index (χ3n) is 4.11. The Morgan fingerprint density at radius 3 is 2.78 bits per heavy atom. The number of carbonyl (C=O) groups excluding carboxylic acids is 1. The van der Waals surface area contributed by atoms with Crippen molar-refractivity contribution in [2.75, 3.05) is 26.3 Å². The molecule has 0 radical (unpaired) electrons. The van der Waals surface area contributed by atoms with E-state index in [2.05, 4.69) is 4.98 Å². The third kappa shape index (κ3) is 4.63. The van der Waals surface area contributed by atoms with E-state index in [4.69, 9.17) is 4.74 Å². The maximum Gasteiger partial charge on any atom is 0.227 e. The average Bonchev–Trinajstić information content (AvgIpc) is 2.82. The highest BCUT2D eigenvalue weighted by molar-refractivity contribution is 5.78. The molecule has 4 heteroatoms. The second-order valence-corrected chi connectivity index (χ2v) is 5.97. The van der Waals surface area contributed by atoms with Gasteiger partial charge in [0, 0.05) is 30.9 Å². The van der Waals surface area contributed by atoms with Gasteiger partial charge in [-0.3, -0.25) is 9.78 Å². The Hall–Kier alpha value is -2.20. The molecule has 2 heterocycles. The van der Waals surface area contributed by atoms with E-state index in [0.29, 0.717) is 32.1 Å². The standard InChI is InChI=1S/C19H22N2O2/c22-19(13-16-6-2-1-3-7-16)21-10-11-23-15-17(14-21)12-18-8-4-5-9-20-18/h1-9,17H,10-15H2. The fourth-order valence-corrected chi connectivity index (χ4v) is 2.93. The van der Waals surface area contributed by atoms with Gasteiger partial charge in [-0.2, -0.15) is 0 Å². The summed E-state index contributed by atoms with van der Waals surface area (Å²) in [5.74, 6) is 0.472. The molecule has 0 aliphatic carbocycles. The van der Waals surface area contributed by atoms with Crippen molar-refractivity contribution < 1.29 is 9.53 Å². The van der Waals surface area contributed by atoms with Crippen molar-refractivity contribution in [1.29, 1.82) is 0 Å². The van der Waals surface area contributed by atoms with E-state index in [1.165, 1.54) is 0 Å². The fourth-order valence-electron chi connectivity index (χ4n) is 2.93. The van der Waals surface area contributed by atoms with Crippen LogP contribution in [-0.4, -0.2) is 42.1 Å². The van der Waals surface area contributed by atoms with E-state index >= 15 is 0 Å². The monoisotopic (exact) mass is 310 g/mol.